The molecule has 1 N–H and O–H groups in total. The Morgan fingerprint density at radius 3 is 2.36 bits per heavy atom. The van der Waals surface area contributed by atoms with Crippen molar-refractivity contribution < 1.29 is 13.2 Å². The van der Waals surface area contributed by atoms with Gasteiger partial charge in [0.15, 0.2) is 0 Å². The molecule has 1 aliphatic heterocycles. The van der Waals surface area contributed by atoms with Crippen LogP contribution in [0.4, 0.5) is 5.69 Å². The summed E-state index contributed by atoms with van der Waals surface area (Å²) in [6, 6.07) is 7.24. The number of rotatable bonds is 4. The molecule has 5 aliphatic rings. The molecule has 5 fully saturated rings. The summed E-state index contributed by atoms with van der Waals surface area (Å²) in [6.45, 7) is 2.68. The summed E-state index contributed by atoms with van der Waals surface area (Å²) < 4.78 is 25.8. The van der Waals surface area contributed by atoms with E-state index >= 15 is 0 Å². The summed E-state index contributed by atoms with van der Waals surface area (Å²) >= 11 is 0. The van der Waals surface area contributed by atoms with Crippen LogP contribution in [0.25, 0.3) is 0 Å². The van der Waals surface area contributed by atoms with E-state index in [9.17, 15) is 13.2 Å². The number of nitrogens with zero attached hydrogens (tertiary/aromatic N) is 1. The Hall–Kier alpha value is -1.56. The summed E-state index contributed by atoms with van der Waals surface area (Å²) in [5, 5.41) is 3.28. The van der Waals surface area contributed by atoms with Gasteiger partial charge in [-0.05, 0) is 93.2 Å². The molecule has 1 atom stereocenters. The largest absolute Gasteiger partial charge is 0.349 e. The number of carbonyl (C=O) groups excluding carboxylic acids is 1. The van der Waals surface area contributed by atoms with Crippen molar-refractivity contribution in [1.29, 1.82) is 0 Å². The molecule has 1 aromatic rings. The number of benzene rings is 1. The second kappa shape index (κ2) is 6.48. The summed E-state index contributed by atoms with van der Waals surface area (Å²) in [5.41, 5.74) is 1.42. The van der Waals surface area contributed by atoms with Crippen LogP contribution in [-0.4, -0.2) is 32.7 Å². The standard InChI is InChI=1S/C22H30N2O3S/c1-15(22-12-16-8-17(13-22)10-18(9-16)14-22)23-21(25)19-4-2-5-20(11-19)24-6-3-7-28(24,26)27/h2,4-5,11,15-18H,3,6-10,12-14H2,1H3,(H,23,25). The van der Waals surface area contributed by atoms with Crippen LogP contribution in [-0.2, 0) is 10.0 Å². The monoisotopic (exact) mass is 402 g/mol. The molecule has 1 aromatic carbocycles. The number of sulfonamides is 1. The van der Waals surface area contributed by atoms with Gasteiger partial charge in [0.25, 0.3) is 5.91 Å². The summed E-state index contributed by atoms with van der Waals surface area (Å²) in [6.07, 6.45) is 8.60. The van der Waals surface area contributed by atoms with Gasteiger partial charge in [-0.25, -0.2) is 8.42 Å². The lowest BCUT2D eigenvalue weighted by Gasteiger charge is -2.59. The van der Waals surface area contributed by atoms with E-state index in [1.165, 1.54) is 42.8 Å². The highest BCUT2D eigenvalue weighted by molar-refractivity contribution is 7.93. The maximum absolute atomic E-state index is 13.0. The first kappa shape index (κ1) is 18.5. The fourth-order valence-electron chi connectivity index (χ4n) is 6.87. The van der Waals surface area contributed by atoms with Crippen LogP contribution in [0.3, 0.4) is 0 Å². The Morgan fingerprint density at radius 2 is 1.79 bits per heavy atom. The van der Waals surface area contributed by atoms with Gasteiger partial charge in [-0.2, -0.15) is 0 Å². The van der Waals surface area contributed by atoms with E-state index in [1.807, 2.05) is 0 Å². The van der Waals surface area contributed by atoms with Crippen molar-refractivity contribution in [2.45, 2.75) is 57.9 Å². The lowest BCUT2D eigenvalue weighted by molar-refractivity contribution is -0.0688. The number of anilines is 1. The van der Waals surface area contributed by atoms with Crippen LogP contribution in [0.1, 0.15) is 62.2 Å². The molecule has 0 spiro atoms. The second-order valence-corrected chi connectivity index (χ2v) is 11.8. The highest BCUT2D eigenvalue weighted by atomic mass is 32.2. The predicted molar refractivity (Wildman–Crippen MR) is 110 cm³/mol. The van der Waals surface area contributed by atoms with E-state index in [0.29, 0.717) is 24.2 Å². The van der Waals surface area contributed by atoms with E-state index in [0.717, 1.165) is 17.8 Å². The SMILES string of the molecule is CC(NC(=O)c1cccc(N2CCCS2(=O)=O)c1)C12CC3CC(CC(C3)C1)C2. The average Bonchev–Trinajstić information content (AvgIpc) is 3.00. The third kappa shape index (κ3) is 3.04. The minimum Gasteiger partial charge on any atom is -0.349 e. The van der Waals surface area contributed by atoms with Crippen LogP contribution in [0, 0.1) is 23.2 Å². The van der Waals surface area contributed by atoms with Crippen LogP contribution in [0.5, 0.6) is 0 Å². The van der Waals surface area contributed by atoms with Crippen molar-refractivity contribution >= 4 is 21.6 Å². The highest BCUT2D eigenvalue weighted by Gasteiger charge is 2.53. The molecule has 5 nitrogen and oxygen atoms in total. The van der Waals surface area contributed by atoms with Gasteiger partial charge >= 0.3 is 0 Å². The molecule has 6 heteroatoms. The van der Waals surface area contributed by atoms with Gasteiger partial charge < -0.3 is 5.32 Å². The first-order valence-electron chi connectivity index (χ1n) is 10.8. The van der Waals surface area contributed by atoms with E-state index in [1.54, 1.807) is 24.3 Å². The normalized spacial score (nSPS) is 36.5. The van der Waals surface area contributed by atoms with Crippen molar-refractivity contribution in [2.75, 3.05) is 16.6 Å². The number of amides is 1. The van der Waals surface area contributed by atoms with E-state index in [4.69, 9.17) is 0 Å². The zero-order valence-electron chi connectivity index (χ0n) is 16.6. The smallest absolute Gasteiger partial charge is 0.251 e. The molecule has 4 bridgehead atoms. The van der Waals surface area contributed by atoms with Gasteiger partial charge in [0, 0.05) is 18.2 Å². The molecule has 0 radical (unpaired) electrons. The first-order chi connectivity index (χ1) is 13.3. The molecule has 0 aromatic heterocycles. The summed E-state index contributed by atoms with van der Waals surface area (Å²) in [4.78, 5) is 13.0. The van der Waals surface area contributed by atoms with Gasteiger partial charge in [0.05, 0.1) is 11.4 Å². The molecule has 1 unspecified atom stereocenters. The zero-order chi connectivity index (χ0) is 19.5. The van der Waals surface area contributed by atoms with Crippen molar-refractivity contribution in [3.63, 3.8) is 0 Å². The fraction of sp³-hybridized carbons (Fsp3) is 0.682. The van der Waals surface area contributed by atoms with Crippen molar-refractivity contribution in [3.05, 3.63) is 29.8 Å². The molecular weight excluding hydrogens is 372 g/mol. The fourth-order valence-corrected chi connectivity index (χ4v) is 8.43. The molecule has 4 saturated carbocycles. The van der Waals surface area contributed by atoms with Crippen LogP contribution >= 0.6 is 0 Å². The third-order valence-corrected chi connectivity index (χ3v) is 9.72. The number of hydrogen-bond donors (Lipinski definition) is 1. The Labute approximate surface area is 167 Å². The van der Waals surface area contributed by atoms with Crippen molar-refractivity contribution in [2.24, 2.45) is 23.2 Å². The molecular formula is C22H30N2O3S. The van der Waals surface area contributed by atoms with Gasteiger partial charge in [-0.15, -0.1) is 0 Å². The maximum atomic E-state index is 13.0. The Bertz CT molecular complexity index is 860. The Morgan fingerprint density at radius 1 is 1.14 bits per heavy atom. The van der Waals surface area contributed by atoms with Gasteiger partial charge in [-0.1, -0.05) is 6.07 Å². The highest BCUT2D eigenvalue weighted by Crippen LogP contribution is 2.61. The average molecular weight is 403 g/mol. The van der Waals surface area contributed by atoms with Gasteiger partial charge in [0.1, 0.15) is 0 Å². The van der Waals surface area contributed by atoms with Crippen molar-refractivity contribution in [3.8, 4) is 0 Å². The van der Waals surface area contributed by atoms with E-state index in [2.05, 4.69) is 12.2 Å². The quantitative estimate of drug-likeness (QED) is 0.837. The van der Waals surface area contributed by atoms with Crippen LogP contribution in [0.15, 0.2) is 24.3 Å². The molecule has 1 amide bonds. The van der Waals surface area contributed by atoms with Gasteiger partial charge in [-0.3, -0.25) is 9.10 Å². The lowest BCUT2D eigenvalue weighted by atomic mass is 9.48. The minimum absolute atomic E-state index is 0.0818. The summed E-state index contributed by atoms with van der Waals surface area (Å²) in [5.74, 6) is 2.67. The molecule has 1 saturated heterocycles. The minimum atomic E-state index is -3.23. The molecule has 28 heavy (non-hydrogen) atoms. The lowest BCUT2D eigenvalue weighted by Crippen LogP contribution is -2.55. The molecule has 152 valence electrons. The first-order valence-corrected chi connectivity index (χ1v) is 12.4. The number of nitrogens with one attached hydrogen (secondary N) is 1. The topological polar surface area (TPSA) is 66.5 Å². The Kier molecular flexibility index (Phi) is 4.27. The molecule has 4 aliphatic carbocycles. The maximum Gasteiger partial charge on any atom is 0.251 e. The van der Waals surface area contributed by atoms with Gasteiger partial charge in [0.2, 0.25) is 10.0 Å². The molecule has 6 rings (SSSR count). The third-order valence-electron chi connectivity index (χ3n) is 7.85. The number of carbonyl (C=O) groups is 1. The summed E-state index contributed by atoms with van der Waals surface area (Å²) in [7, 11) is -3.23. The zero-order valence-corrected chi connectivity index (χ0v) is 17.4. The number of hydrogen-bond acceptors (Lipinski definition) is 3. The molecule has 1 heterocycles. The predicted octanol–water partition coefficient (Wildman–Crippen LogP) is 3.56. The van der Waals surface area contributed by atoms with E-state index in [-0.39, 0.29) is 23.1 Å². The van der Waals surface area contributed by atoms with E-state index < -0.39 is 10.0 Å². The Balaban J connectivity index is 1.33. The second-order valence-electron chi connectivity index (χ2n) is 9.77. The van der Waals surface area contributed by atoms with Crippen LogP contribution < -0.4 is 9.62 Å². The van der Waals surface area contributed by atoms with Crippen LogP contribution in [0.2, 0.25) is 0 Å². The van der Waals surface area contributed by atoms with Crippen molar-refractivity contribution in [1.82, 2.24) is 5.32 Å².